The number of rotatable bonds is 8. The van der Waals surface area contributed by atoms with Crippen LogP contribution >= 0.6 is 0 Å². The van der Waals surface area contributed by atoms with Crippen LogP contribution in [-0.4, -0.2) is 22.6 Å². The van der Waals surface area contributed by atoms with Crippen LogP contribution in [0.15, 0.2) is 36.7 Å². The first-order chi connectivity index (χ1) is 10.2. The molecule has 2 rings (SSSR count). The maximum Gasteiger partial charge on any atom is 0.108 e. The average Bonchev–Trinajstić information content (AvgIpc) is 2.89. The summed E-state index contributed by atoms with van der Waals surface area (Å²) < 4.78 is 2.12. The lowest BCUT2D eigenvalue weighted by Crippen LogP contribution is -2.23. The second-order valence-corrected chi connectivity index (χ2v) is 5.80. The van der Waals surface area contributed by atoms with Crippen LogP contribution in [0.1, 0.15) is 42.6 Å². The highest BCUT2D eigenvalue weighted by Crippen LogP contribution is 2.21. The van der Waals surface area contributed by atoms with Crippen molar-refractivity contribution in [1.29, 1.82) is 0 Å². The molecule has 0 fully saturated rings. The molecule has 0 saturated carbocycles. The molecule has 2 aromatic rings. The molecule has 114 valence electrons. The first-order valence-corrected chi connectivity index (χ1v) is 7.94. The molecule has 1 N–H and O–H groups in total. The third-order valence-corrected chi connectivity index (χ3v) is 4.00. The largest absolute Gasteiger partial charge is 0.338 e. The van der Waals surface area contributed by atoms with Gasteiger partial charge in [0, 0.05) is 32.4 Å². The van der Waals surface area contributed by atoms with Gasteiger partial charge in [-0.2, -0.15) is 0 Å². The van der Waals surface area contributed by atoms with Gasteiger partial charge in [0.2, 0.25) is 0 Å². The minimum atomic E-state index is 0.550. The minimum Gasteiger partial charge on any atom is -0.338 e. The van der Waals surface area contributed by atoms with E-state index in [1.807, 2.05) is 12.4 Å². The predicted molar refractivity (Wildman–Crippen MR) is 88.6 cm³/mol. The Morgan fingerprint density at radius 3 is 2.62 bits per heavy atom. The Hall–Kier alpha value is -1.61. The minimum absolute atomic E-state index is 0.550. The van der Waals surface area contributed by atoms with E-state index < -0.39 is 0 Å². The molecule has 1 aromatic heterocycles. The lowest BCUT2D eigenvalue weighted by molar-refractivity contribution is 0.538. The first kappa shape index (κ1) is 15.8. The van der Waals surface area contributed by atoms with Gasteiger partial charge in [0.25, 0.3) is 0 Å². The normalized spacial score (nSPS) is 12.5. The molecule has 1 aromatic carbocycles. The molecule has 0 saturated heterocycles. The molecule has 1 atom stereocenters. The van der Waals surface area contributed by atoms with Crippen LogP contribution in [0, 0.1) is 6.92 Å². The number of imidazole rings is 1. The highest BCUT2D eigenvalue weighted by molar-refractivity contribution is 5.25. The smallest absolute Gasteiger partial charge is 0.108 e. The molecule has 0 aliphatic heterocycles. The molecule has 3 heteroatoms. The topological polar surface area (TPSA) is 29.9 Å². The summed E-state index contributed by atoms with van der Waals surface area (Å²) in [5, 5.41) is 3.57. The molecule has 0 bridgehead atoms. The lowest BCUT2D eigenvalue weighted by Gasteiger charge is -2.18. The van der Waals surface area contributed by atoms with Gasteiger partial charge in [-0.1, -0.05) is 36.8 Å². The van der Waals surface area contributed by atoms with Crippen LogP contribution in [0.3, 0.4) is 0 Å². The Morgan fingerprint density at radius 1 is 1.24 bits per heavy atom. The second kappa shape index (κ2) is 7.99. The lowest BCUT2D eigenvalue weighted by atomic mass is 9.93. The Balaban J connectivity index is 2.01. The van der Waals surface area contributed by atoms with Gasteiger partial charge in [0.05, 0.1) is 0 Å². The summed E-state index contributed by atoms with van der Waals surface area (Å²) in [4.78, 5) is 4.43. The van der Waals surface area contributed by atoms with Crippen molar-refractivity contribution in [3.8, 4) is 0 Å². The van der Waals surface area contributed by atoms with Crippen molar-refractivity contribution in [2.75, 3.05) is 13.1 Å². The second-order valence-electron chi connectivity index (χ2n) is 5.80. The van der Waals surface area contributed by atoms with Gasteiger partial charge in [-0.25, -0.2) is 4.98 Å². The first-order valence-electron chi connectivity index (χ1n) is 7.94. The fourth-order valence-electron chi connectivity index (χ4n) is 2.62. The highest BCUT2D eigenvalue weighted by Gasteiger charge is 2.12. The number of benzene rings is 1. The van der Waals surface area contributed by atoms with E-state index in [9.17, 15) is 0 Å². The quantitative estimate of drug-likeness (QED) is 0.753. The molecule has 0 spiro atoms. The predicted octanol–water partition coefficient (Wildman–Crippen LogP) is 3.44. The maximum absolute atomic E-state index is 4.43. The molecule has 0 aliphatic rings. The van der Waals surface area contributed by atoms with E-state index in [2.05, 4.69) is 60.0 Å². The molecule has 0 amide bonds. The molecule has 1 unspecified atom stereocenters. The number of aromatic nitrogens is 2. The van der Waals surface area contributed by atoms with Crippen LogP contribution in [0.2, 0.25) is 0 Å². The Labute approximate surface area is 128 Å². The highest BCUT2D eigenvalue weighted by atomic mass is 15.0. The van der Waals surface area contributed by atoms with Crippen molar-refractivity contribution in [3.05, 3.63) is 53.6 Å². The molecule has 0 aliphatic carbocycles. The van der Waals surface area contributed by atoms with Crippen molar-refractivity contribution < 1.29 is 0 Å². The van der Waals surface area contributed by atoms with Crippen molar-refractivity contribution >= 4 is 0 Å². The van der Waals surface area contributed by atoms with Crippen LogP contribution in [0.5, 0.6) is 0 Å². The fraction of sp³-hybridized carbons (Fsp3) is 0.500. The van der Waals surface area contributed by atoms with Gasteiger partial charge in [-0.05, 0) is 37.8 Å². The fourth-order valence-corrected chi connectivity index (χ4v) is 2.62. The summed E-state index contributed by atoms with van der Waals surface area (Å²) in [5.41, 5.74) is 2.75. The molecule has 1 heterocycles. The molecule has 3 nitrogen and oxygen atoms in total. The van der Waals surface area contributed by atoms with Crippen molar-refractivity contribution in [2.24, 2.45) is 7.05 Å². The van der Waals surface area contributed by atoms with Crippen LogP contribution in [0.25, 0.3) is 0 Å². The standard InChI is InChI=1S/C18H27N3/c1-4-11-19-14-17(16-7-5-15(2)6-8-16)9-10-18-20-12-13-21(18)3/h5-8,12-13,17,19H,4,9-11,14H2,1-3H3. The number of nitrogens with zero attached hydrogens (tertiary/aromatic N) is 2. The third kappa shape index (κ3) is 4.71. The maximum atomic E-state index is 4.43. The van der Waals surface area contributed by atoms with Crippen LogP contribution in [-0.2, 0) is 13.5 Å². The SMILES string of the molecule is CCCNCC(CCc1nccn1C)c1ccc(C)cc1. The Bertz CT molecular complexity index is 528. The van der Waals surface area contributed by atoms with Gasteiger partial charge in [-0.15, -0.1) is 0 Å². The summed E-state index contributed by atoms with van der Waals surface area (Å²) in [6.45, 7) is 6.48. The van der Waals surface area contributed by atoms with E-state index in [-0.39, 0.29) is 0 Å². The van der Waals surface area contributed by atoms with E-state index in [1.54, 1.807) is 0 Å². The average molecular weight is 285 g/mol. The van der Waals surface area contributed by atoms with E-state index in [0.29, 0.717) is 5.92 Å². The number of aryl methyl sites for hydroxylation is 3. The van der Waals surface area contributed by atoms with Gasteiger partial charge >= 0.3 is 0 Å². The van der Waals surface area contributed by atoms with Gasteiger partial charge in [-0.3, -0.25) is 0 Å². The number of nitrogens with one attached hydrogen (secondary N) is 1. The Kier molecular flexibility index (Phi) is 6.00. The van der Waals surface area contributed by atoms with Gasteiger partial charge in [0.1, 0.15) is 5.82 Å². The molecular weight excluding hydrogens is 258 g/mol. The number of hydrogen-bond donors (Lipinski definition) is 1. The van der Waals surface area contributed by atoms with Gasteiger partial charge in [0.15, 0.2) is 0 Å². The van der Waals surface area contributed by atoms with E-state index >= 15 is 0 Å². The zero-order valence-corrected chi connectivity index (χ0v) is 13.5. The van der Waals surface area contributed by atoms with Crippen LogP contribution in [0.4, 0.5) is 0 Å². The van der Waals surface area contributed by atoms with Crippen molar-refractivity contribution in [2.45, 2.75) is 39.0 Å². The zero-order valence-electron chi connectivity index (χ0n) is 13.5. The van der Waals surface area contributed by atoms with Crippen molar-refractivity contribution in [3.63, 3.8) is 0 Å². The monoisotopic (exact) mass is 285 g/mol. The zero-order chi connectivity index (χ0) is 15.1. The van der Waals surface area contributed by atoms with E-state index in [1.165, 1.54) is 23.4 Å². The summed E-state index contributed by atoms with van der Waals surface area (Å²) in [5.74, 6) is 1.72. The Morgan fingerprint density at radius 2 is 2.00 bits per heavy atom. The third-order valence-electron chi connectivity index (χ3n) is 4.00. The van der Waals surface area contributed by atoms with E-state index in [0.717, 1.165) is 25.9 Å². The molecule has 0 radical (unpaired) electrons. The molecular formula is C18H27N3. The summed E-state index contributed by atoms with van der Waals surface area (Å²) in [6, 6.07) is 8.96. The van der Waals surface area contributed by atoms with Gasteiger partial charge < -0.3 is 9.88 Å². The summed E-state index contributed by atoms with van der Waals surface area (Å²) in [7, 11) is 2.07. The summed E-state index contributed by atoms with van der Waals surface area (Å²) >= 11 is 0. The van der Waals surface area contributed by atoms with Crippen LogP contribution < -0.4 is 5.32 Å². The summed E-state index contributed by atoms with van der Waals surface area (Å²) in [6.07, 6.45) is 7.23. The molecule has 21 heavy (non-hydrogen) atoms. The number of hydrogen-bond acceptors (Lipinski definition) is 2. The van der Waals surface area contributed by atoms with E-state index in [4.69, 9.17) is 0 Å². The van der Waals surface area contributed by atoms with Crippen molar-refractivity contribution in [1.82, 2.24) is 14.9 Å².